The number of fused-ring (bicyclic) bond motifs is 2. The van der Waals surface area contributed by atoms with E-state index in [2.05, 4.69) is 10.2 Å². The number of piperazine rings is 1. The van der Waals surface area contributed by atoms with Crippen LogP contribution in [-0.4, -0.2) is 59.3 Å². The molecule has 6 heteroatoms. The second kappa shape index (κ2) is 8.94. The van der Waals surface area contributed by atoms with Gasteiger partial charge in [-0.1, -0.05) is 30.3 Å². The molecule has 0 bridgehead atoms. The van der Waals surface area contributed by atoms with Crippen molar-refractivity contribution < 1.29 is 9.59 Å². The number of hydrogen-bond acceptors (Lipinski definition) is 4. The number of nitrogens with one attached hydrogen (secondary N) is 1. The van der Waals surface area contributed by atoms with Crippen molar-refractivity contribution in [3.05, 3.63) is 70.4 Å². The summed E-state index contributed by atoms with van der Waals surface area (Å²) in [7, 11) is 0. The Morgan fingerprint density at radius 3 is 2.58 bits per heavy atom. The molecule has 33 heavy (non-hydrogen) atoms. The lowest BCUT2D eigenvalue weighted by Gasteiger charge is -2.35. The summed E-state index contributed by atoms with van der Waals surface area (Å²) in [5.74, 6) is 0.0904. The Morgan fingerprint density at radius 1 is 0.970 bits per heavy atom. The molecule has 2 aliphatic rings. The molecular formula is C27H30N4O2. The predicted molar refractivity (Wildman–Crippen MR) is 131 cm³/mol. The van der Waals surface area contributed by atoms with Crippen LogP contribution in [0.25, 0.3) is 10.9 Å². The van der Waals surface area contributed by atoms with E-state index in [1.807, 2.05) is 61.2 Å². The van der Waals surface area contributed by atoms with E-state index >= 15 is 0 Å². The average Bonchev–Trinajstić information content (AvgIpc) is 3.28. The Kier molecular flexibility index (Phi) is 5.85. The molecule has 1 N–H and O–H groups in total. The van der Waals surface area contributed by atoms with Crippen molar-refractivity contribution in [3.63, 3.8) is 0 Å². The maximum absolute atomic E-state index is 13.6. The topological polar surface area (TPSA) is 65.5 Å². The van der Waals surface area contributed by atoms with Crippen LogP contribution in [-0.2, 0) is 17.6 Å². The number of rotatable bonds is 4. The van der Waals surface area contributed by atoms with Crippen molar-refractivity contribution in [2.75, 3.05) is 38.0 Å². The van der Waals surface area contributed by atoms with Crippen LogP contribution in [0.4, 0.5) is 5.69 Å². The Hall–Kier alpha value is -3.25. The molecule has 0 atom stereocenters. The summed E-state index contributed by atoms with van der Waals surface area (Å²) in [6.45, 7) is 7.04. The molecule has 170 valence electrons. The number of pyridine rings is 1. The van der Waals surface area contributed by atoms with Gasteiger partial charge in [-0.05, 0) is 61.9 Å². The minimum absolute atomic E-state index is 0.0126. The van der Waals surface area contributed by atoms with Crippen LogP contribution < -0.4 is 5.32 Å². The first-order valence-electron chi connectivity index (χ1n) is 11.8. The molecular weight excluding hydrogens is 412 g/mol. The SMILES string of the molecule is Cc1cccc(NC(=O)CN2CCN(C(=O)c3c4c(nc5ccccc35)CCC4)CC2)c1C. The first-order valence-corrected chi connectivity index (χ1v) is 11.8. The third-order valence-electron chi connectivity index (χ3n) is 7.04. The molecule has 0 radical (unpaired) electrons. The average molecular weight is 443 g/mol. The number of nitrogens with zero attached hydrogens (tertiary/aromatic N) is 3. The molecule has 2 aromatic carbocycles. The molecule has 1 aromatic heterocycles. The van der Waals surface area contributed by atoms with Crippen molar-refractivity contribution in [1.82, 2.24) is 14.8 Å². The molecule has 1 aliphatic heterocycles. The van der Waals surface area contributed by atoms with Crippen LogP contribution >= 0.6 is 0 Å². The second-order valence-corrected chi connectivity index (χ2v) is 9.15. The van der Waals surface area contributed by atoms with Gasteiger partial charge in [-0.25, -0.2) is 0 Å². The Labute approximate surface area is 194 Å². The van der Waals surface area contributed by atoms with E-state index in [0.29, 0.717) is 32.7 Å². The zero-order valence-corrected chi connectivity index (χ0v) is 19.4. The normalized spacial score (nSPS) is 16.1. The summed E-state index contributed by atoms with van der Waals surface area (Å²) in [6, 6.07) is 13.9. The van der Waals surface area contributed by atoms with Crippen LogP contribution in [0.3, 0.4) is 0 Å². The van der Waals surface area contributed by atoms with E-state index < -0.39 is 0 Å². The van der Waals surface area contributed by atoms with E-state index in [1.165, 1.54) is 0 Å². The molecule has 1 aliphatic carbocycles. The largest absolute Gasteiger partial charge is 0.336 e. The third-order valence-corrected chi connectivity index (χ3v) is 7.04. The van der Waals surface area contributed by atoms with Crippen LogP contribution in [0, 0.1) is 13.8 Å². The first kappa shape index (κ1) is 21.6. The number of carbonyl (C=O) groups excluding carboxylic acids is 2. The van der Waals surface area contributed by atoms with Crippen molar-refractivity contribution in [3.8, 4) is 0 Å². The van der Waals surface area contributed by atoms with Crippen molar-refractivity contribution in [1.29, 1.82) is 0 Å². The van der Waals surface area contributed by atoms with Crippen LogP contribution in [0.15, 0.2) is 42.5 Å². The van der Waals surface area contributed by atoms with Gasteiger partial charge < -0.3 is 10.2 Å². The van der Waals surface area contributed by atoms with Gasteiger partial charge in [-0.2, -0.15) is 0 Å². The summed E-state index contributed by atoms with van der Waals surface area (Å²) >= 11 is 0. The van der Waals surface area contributed by atoms with Crippen molar-refractivity contribution in [2.24, 2.45) is 0 Å². The highest BCUT2D eigenvalue weighted by Gasteiger charge is 2.29. The van der Waals surface area contributed by atoms with Gasteiger partial charge in [0.25, 0.3) is 5.91 Å². The van der Waals surface area contributed by atoms with Gasteiger partial charge in [0, 0.05) is 42.9 Å². The highest BCUT2D eigenvalue weighted by Crippen LogP contribution is 2.31. The molecule has 1 saturated heterocycles. The monoisotopic (exact) mass is 442 g/mol. The first-order chi connectivity index (χ1) is 16.0. The zero-order valence-electron chi connectivity index (χ0n) is 19.4. The fourth-order valence-electron chi connectivity index (χ4n) is 5.00. The molecule has 1 fully saturated rings. The van der Waals surface area contributed by atoms with Gasteiger partial charge in [0.05, 0.1) is 17.6 Å². The maximum atomic E-state index is 13.6. The molecule has 2 amide bonds. The van der Waals surface area contributed by atoms with Crippen molar-refractivity contribution >= 4 is 28.4 Å². The summed E-state index contributed by atoms with van der Waals surface area (Å²) < 4.78 is 0. The van der Waals surface area contributed by atoms with E-state index in [1.54, 1.807) is 0 Å². The number of benzene rings is 2. The van der Waals surface area contributed by atoms with Gasteiger partial charge in [0.15, 0.2) is 0 Å². The second-order valence-electron chi connectivity index (χ2n) is 9.15. The summed E-state index contributed by atoms with van der Waals surface area (Å²) in [6.07, 6.45) is 2.93. The Morgan fingerprint density at radius 2 is 1.76 bits per heavy atom. The van der Waals surface area contributed by atoms with Gasteiger partial charge in [-0.3, -0.25) is 19.5 Å². The summed E-state index contributed by atoms with van der Waals surface area (Å²) in [5, 5.41) is 4.00. The number of carbonyl (C=O) groups is 2. The summed E-state index contributed by atoms with van der Waals surface area (Å²) in [4.78, 5) is 35.1. The van der Waals surface area contributed by atoms with E-state index in [9.17, 15) is 9.59 Å². The van der Waals surface area contributed by atoms with E-state index in [-0.39, 0.29) is 11.8 Å². The highest BCUT2D eigenvalue weighted by molar-refractivity contribution is 6.08. The molecule has 2 heterocycles. The molecule has 0 spiro atoms. The Balaban J connectivity index is 1.25. The molecule has 0 saturated carbocycles. The van der Waals surface area contributed by atoms with E-state index in [4.69, 9.17) is 4.98 Å². The maximum Gasteiger partial charge on any atom is 0.254 e. The third kappa shape index (κ3) is 4.23. The van der Waals surface area contributed by atoms with Gasteiger partial charge >= 0.3 is 0 Å². The standard InChI is InChI=1S/C27H30N4O2/c1-18-7-5-11-22(19(18)2)29-25(32)17-30-13-15-31(16-14-30)27(33)26-20-8-3-4-10-23(20)28-24-12-6-9-21(24)26/h3-5,7-8,10-11H,6,9,12-17H2,1-2H3,(H,29,32). The fraction of sp³-hybridized carbons (Fsp3) is 0.370. The number of anilines is 1. The minimum Gasteiger partial charge on any atom is -0.336 e. The smallest absolute Gasteiger partial charge is 0.254 e. The predicted octanol–water partition coefficient (Wildman–Crippen LogP) is 3.74. The van der Waals surface area contributed by atoms with Gasteiger partial charge in [-0.15, -0.1) is 0 Å². The van der Waals surface area contributed by atoms with Crippen LogP contribution in [0.5, 0.6) is 0 Å². The van der Waals surface area contributed by atoms with Gasteiger partial charge in [0.2, 0.25) is 5.91 Å². The summed E-state index contributed by atoms with van der Waals surface area (Å²) in [5.41, 5.74) is 7.09. The Bertz CT molecular complexity index is 1230. The number of aryl methyl sites for hydroxylation is 2. The van der Waals surface area contributed by atoms with Crippen molar-refractivity contribution in [2.45, 2.75) is 33.1 Å². The minimum atomic E-state index is -0.0126. The van der Waals surface area contributed by atoms with Crippen LogP contribution in [0.2, 0.25) is 0 Å². The molecule has 6 nitrogen and oxygen atoms in total. The van der Waals surface area contributed by atoms with E-state index in [0.717, 1.165) is 63.8 Å². The zero-order chi connectivity index (χ0) is 22.9. The fourth-order valence-corrected chi connectivity index (χ4v) is 5.00. The number of amides is 2. The van der Waals surface area contributed by atoms with Crippen LogP contribution in [0.1, 0.15) is 39.2 Å². The van der Waals surface area contributed by atoms with Gasteiger partial charge in [0.1, 0.15) is 0 Å². The number of aromatic nitrogens is 1. The molecule has 5 rings (SSSR count). The highest BCUT2D eigenvalue weighted by atomic mass is 16.2. The lowest BCUT2D eigenvalue weighted by atomic mass is 9.99. The number of hydrogen-bond donors (Lipinski definition) is 1. The quantitative estimate of drug-likeness (QED) is 0.669. The molecule has 0 unspecified atom stereocenters. The lowest BCUT2D eigenvalue weighted by Crippen LogP contribution is -2.50. The molecule has 3 aromatic rings. The number of para-hydroxylation sites is 1. The lowest BCUT2D eigenvalue weighted by molar-refractivity contribution is -0.117.